The Labute approximate surface area is 605 Å². The lowest BCUT2D eigenvalue weighted by Crippen LogP contribution is -2.16. The minimum Gasteiger partial charge on any atom is -0.445 e. The van der Waals surface area contributed by atoms with E-state index in [1.165, 1.54) is 28.2 Å². The molecule has 14 nitrogen and oxygen atoms in total. The van der Waals surface area contributed by atoms with Crippen molar-refractivity contribution in [2.75, 3.05) is 13.1 Å². The third-order valence-electron chi connectivity index (χ3n) is 15.4. The Bertz CT molecular complexity index is 3600. The third kappa shape index (κ3) is 30.9. The molecule has 9 rings (SSSR count). The summed E-state index contributed by atoms with van der Waals surface area (Å²) in [7, 11) is 2.02. The number of hydrogen-bond acceptors (Lipinski definition) is 12. The van der Waals surface area contributed by atoms with E-state index in [1.807, 2.05) is 37.5 Å². The Morgan fingerprint density at radius 1 is 0.500 bits per heavy atom. The van der Waals surface area contributed by atoms with Crippen LogP contribution in [0.3, 0.4) is 0 Å². The SMILES string of the molecule is C=CC1=NC(C(C)(C)C)=CC1.C=CC1=NC(C(C)(C)C)=CC1.C=CC1=NCC(C(C)(C)C)=C1.C=CC1=NCC=C1C(C)(C)C.C=Cc1cc(C(C)(C)C)[nH]n1.C=Cc1nc(C(C)(C)C)co1.C=Cc1ncc(C(C)(C)C)n1C.C=Cc1ncc(C(C)(C)C)o1.C=Cc1nocc1C(C)(C)C. The summed E-state index contributed by atoms with van der Waals surface area (Å²) >= 11 is 0. The number of nitrogens with one attached hydrogen (secondary N) is 1. The van der Waals surface area contributed by atoms with Gasteiger partial charge in [-0.05, 0) is 94.2 Å². The number of allylic oxidation sites excluding steroid dienone is 10. The zero-order valence-corrected chi connectivity index (χ0v) is 67.3. The number of nitrogens with zero attached hydrogens (tertiary/aromatic N) is 10. The van der Waals surface area contributed by atoms with Crippen LogP contribution in [0, 0.1) is 21.7 Å². The molecule has 9 heterocycles. The Balaban J connectivity index is 0.000000563. The van der Waals surface area contributed by atoms with Crippen molar-refractivity contribution in [2.24, 2.45) is 48.7 Å². The van der Waals surface area contributed by atoms with Gasteiger partial charge in [-0.25, -0.2) is 15.0 Å². The van der Waals surface area contributed by atoms with E-state index in [0.717, 1.165) is 88.7 Å². The highest BCUT2D eigenvalue weighted by Gasteiger charge is 2.26. The fraction of sp³-hybridized carbons (Fsp3) is 0.477. The second kappa shape index (κ2) is 38.2. The van der Waals surface area contributed by atoms with Crippen molar-refractivity contribution in [3.05, 3.63) is 219 Å². The lowest BCUT2D eigenvalue weighted by atomic mass is 9.84. The summed E-state index contributed by atoms with van der Waals surface area (Å²) in [5, 5.41) is 10.8. The van der Waals surface area contributed by atoms with E-state index in [9.17, 15) is 0 Å². The normalized spacial score (nSPS) is 14.3. The zero-order valence-electron chi connectivity index (χ0n) is 67.3. The Kier molecular flexibility index (Phi) is 34.2. The number of H-pyrrole nitrogens is 1. The van der Waals surface area contributed by atoms with Crippen molar-refractivity contribution in [2.45, 2.75) is 227 Å². The first-order valence-electron chi connectivity index (χ1n) is 34.4. The molecule has 0 saturated carbocycles. The van der Waals surface area contributed by atoms with Gasteiger partial charge in [0.05, 0.1) is 42.1 Å². The van der Waals surface area contributed by atoms with Crippen molar-refractivity contribution in [3.8, 4) is 0 Å². The lowest BCUT2D eigenvalue weighted by Gasteiger charge is -2.20. The van der Waals surface area contributed by atoms with Gasteiger partial charge in [0, 0.05) is 98.3 Å². The molecule has 0 spiro atoms. The number of imidazole rings is 1. The second-order valence-corrected chi connectivity index (χ2v) is 33.6. The Hall–Kier alpha value is -8.65. The van der Waals surface area contributed by atoms with Crippen molar-refractivity contribution in [1.82, 2.24) is 34.9 Å². The highest BCUT2D eigenvalue weighted by atomic mass is 16.5. The number of rotatable bonds is 9. The smallest absolute Gasteiger partial charge is 0.218 e. The van der Waals surface area contributed by atoms with Crippen LogP contribution in [0.4, 0.5) is 0 Å². The molecular formula is C86H129N11O3. The Morgan fingerprint density at radius 2 is 1.05 bits per heavy atom. The molecule has 100 heavy (non-hydrogen) atoms. The summed E-state index contributed by atoms with van der Waals surface area (Å²) in [6.07, 6.45) is 33.3. The van der Waals surface area contributed by atoms with Crippen LogP contribution in [-0.2, 0) is 34.1 Å². The van der Waals surface area contributed by atoms with E-state index in [0.29, 0.717) is 11.8 Å². The molecule has 4 aliphatic heterocycles. The number of aliphatic imine (C=N–C) groups is 4. The van der Waals surface area contributed by atoms with Gasteiger partial charge in [-0.1, -0.05) is 270 Å². The van der Waals surface area contributed by atoms with Gasteiger partial charge < -0.3 is 17.9 Å². The highest BCUT2D eigenvalue weighted by Crippen LogP contribution is 2.33. The van der Waals surface area contributed by atoms with Gasteiger partial charge in [-0.15, -0.1) is 0 Å². The minimum absolute atomic E-state index is 0.0360. The fourth-order valence-electron chi connectivity index (χ4n) is 8.96. The predicted octanol–water partition coefficient (Wildman–Crippen LogP) is 23.6. The molecular weight excluding hydrogens is 1240 g/mol. The molecule has 0 unspecified atom stereocenters. The molecule has 5 aromatic heterocycles. The third-order valence-corrected chi connectivity index (χ3v) is 15.4. The maximum Gasteiger partial charge on any atom is 0.218 e. The lowest BCUT2D eigenvalue weighted by molar-refractivity contribution is 0.403. The average Bonchev–Trinajstić information content (AvgIpc) is 1.69. The quantitative estimate of drug-likeness (QED) is 0.152. The molecule has 546 valence electrons. The fourth-order valence-corrected chi connectivity index (χ4v) is 8.96. The van der Waals surface area contributed by atoms with Crippen molar-refractivity contribution >= 4 is 53.2 Å². The van der Waals surface area contributed by atoms with Crippen LogP contribution in [0.25, 0.3) is 30.4 Å². The minimum atomic E-state index is 0.0360. The van der Waals surface area contributed by atoms with Crippen LogP contribution in [-0.4, -0.2) is 70.8 Å². The van der Waals surface area contributed by atoms with Crippen LogP contribution in [0.1, 0.15) is 257 Å². The van der Waals surface area contributed by atoms with Crippen molar-refractivity contribution < 1.29 is 13.4 Å². The summed E-state index contributed by atoms with van der Waals surface area (Å²) in [6, 6.07) is 2.02. The van der Waals surface area contributed by atoms with Gasteiger partial charge in [0.1, 0.15) is 29.8 Å². The van der Waals surface area contributed by atoms with Crippen LogP contribution >= 0.6 is 0 Å². The van der Waals surface area contributed by atoms with E-state index >= 15 is 0 Å². The molecule has 14 heteroatoms. The molecule has 0 aromatic carbocycles. The molecule has 0 amide bonds. The summed E-state index contributed by atoms with van der Waals surface area (Å²) in [5.74, 6) is 3.01. The van der Waals surface area contributed by atoms with Crippen molar-refractivity contribution in [1.29, 1.82) is 0 Å². The largest absolute Gasteiger partial charge is 0.445 e. The van der Waals surface area contributed by atoms with E-state index < -0.39 is 0 Å². The Morgan fingerprint density at radius 3 is 1.31 bits per heavy atom. The molecule has 0 aliphatic carbocycles. The first-order valence-corrected chi connectivity index (χ1v) is 34.4. The molecule has 0 atom stereocenters. The number of aromatic amines is 1. The first kappa shape index (κ1) is 89.4. The van der Waals surface area contributed by atoms with Crippen LogP contribution < -0.4 is 0 Å². The van der Waals surface area contributed by atoms with E-state index in [1.54, 1.807) is 55.2 Å². The monoisotopic (exact) mass is 1360 g/mol. The average molecular weight is 1370 g/mol. The number of hydrogen-bond donors (Lipinski definition) is 1. The topological polar surface area (TPSA) is 174 Å². The standard InChI is InChI=1S/C10H16N2.4C10H15N.C9H14N2.3C9H13NO/c1-6-9-11-7-8(12(9)5)10(2,3)4;1-5-9-6-8(7-11-9)10(2,3)4;1-5-9-8(6-7-11-9)10(2,3)4;2*1-5-8-6-7-9(11-8)10(2,3)4;1-5-7-6-8(11-10-7)9(2,3)4;1-5-8-10-7(6-11-8)9(2,3)4;1-5-8-10-6-7(11-8)9(2,3)4;1-5-8-7(6-11-10-8)9(2,3)4/h6-7H,1H2,2-5H3;2*5-6H,1,7H2,2-4H3;2*5,7H,1,6H2,2-4H3;5-6H,1H2,2-4H3,(H,10,11);3*5-6H,1H2,2-4H3. The molecule has 1 N–H and O–H groups in total. The summed E-state index contributed by atoms with van der Waals surface area (Å²) in [5.41, 5.74) is 16.9. The molecule has 0 bridgehead atoms. The molecule has 0 radical (unpaired) electrons. The highest BCUT2D eigenvalue weighted by molar-refractivity contribution is 6.10. The number of aromatic nitrogens is 7. The summed E-state index contributed by atoms with van der Waals surface area (Å²) in [6.45, 7) is 92.8. The molecule has 4 aliphatic rings. The van der Waals surface area contributed by atoms with Gasteiger partial charge in [-0.3, -0.25) is 25.1 Å². The second-order valence-electron chi connectivity index (χ2n) is 33.6. The predicted molar refractivity (Wildman–Crippen MR) is 435 cm³/mol. The number of oxazole rings is 2. The maximum atomic E-state index is 5.37. The summed E-state index contributed by atoms with van der Waals surface area (Å²) < 4.78 is 17.4. The summed E-state index contributed by atoms with van der Waals surface area (Å²) in [4.78, 5) is 30.0. The molecule has 0 fully saturated rings. The van der Waals surface area contributed by atoms with E-state index in [2.05, 4.69) is 325 Å². The van der Waals surface area contributed by atoms with Crippen molar-refractivity contribution in [3.63, 3.8) is 0 Å². The van der Waals surface area contributed by atoms with Gasteiger partial charge >= 0.3 is 0 Å². The van der Waals surface area contributed by atoms with E-state index in [-0.39, 0.29) is 48.7 Å². The maximum absolute atomic E-state index is 5.37. The van der Waals surface area contributed by atoms with Gasteiger partial charge in [0.15, 0.2) is 0 Å². The first-order chi connectivity index (χ1) is 45.8. The zero-order chi connectivity index (χ0) is 77.2. The molecule has 0 saturated heterocycles. The van der Waals surface area contributed by atoms with Crippen LogP contribution in [0.2, 0.25) is 0 Å². The molecule has 5 aromatic rings. The van der Waals surface area contributed by atoms with Gasteiger partial charge in [0.2, 0.25) is 11.8 Å². The van der Waals surface area contributed by atoms with Gasteiger partial charge in [0.25, 0.3) is 0 Å². The van der Waals surface area contributed by atoms with E-state index in [4.69, 9.17) is 13.4 Å². The van der Waals surface area contributed by atoms with Crippen LogP contribution in [0.15, 0.2) is 195 Å². The van der Waals surface area contributed by atoms with Crippen LogP contribution in [0.5, 0.6) is 0 Å². The van der Waals surface area contributed by atoms with Gasteiger partial charge in [-0.2, -0.15) is 5.10 Å².